The van der Waals surface area contributed by atoms with Crippen LogP contribution in [0.15, 0.2) is 38.0 Å². The van der Waals surface area contributed by atoms with E-state index in [1.807, 2.05) is 0 Å². The van der Waals surface area contributed by atoms with Gasteiger partial charge in [0.1, 0.15) is 0 Å². The van der Waals surface area contributed by atoms with E-state index in [9.17, 15) is 18.0 Å². The molecule has 0 radical (unpaired) electrons. The summed E-state index contributed by atoms with van der Waals surface area (Å²) in [6, 6.07) is 4.96. The van der Waals surface area contributed by atoms with Gasteiger partial charge < -0.3 is 4.42 Å². The van der Waals surface area contributed by atoms with E-state index in [4.69, 9.17) is 0 Å². The topological polar surface area (TPSA) is 56.2 Å². The van der Waals surface area contributed by atoms with E-state index in [0.29, 0.717) is 19.3 Å². The minimum absolute atomic E-state index is 0.192. The minimum Gasteiger partial charge on any atom is -0.375 e. The van der Waals surface area contributed by atoms with Crippen molar-refractivity contribution in [2.75, 3.05) is 0 Å². The molecule has 1 aromatic heterocycles. The second-order valence-corrected chi connectivity index (χ2v) is 3.98. The Labute approximate surface area is 105 Å². The molecule has 7 heteroatoms. The lowest BCUT2D eigenvalue weighted by molar-refractivity contribution is -0.137. The predicted octanol–water partition coefficient (Wildman–Crippen LogP) is 2.82. The summed E-state index contributed by atoms with van der Waals surface area (Å²) < 4.78 is 45.8. The summed E-state index contributed by atoms with van der Waals surface area (Å²) in [6.07, 6.45) is -2.76. The van der Waals surface area contributed by atoms with Crippen LogP contribution in [0.1, 0.15) is 23.4 Å². The Balaban J connectivity index is 1.88. The highest BCUT2D eigenvalue weighted by Crippen LogP contribution is 2.29. The third-order valence-electron chi connectivity index (χ3n) is 2.56. The predicted molar refractivity (Wildman–Crippen MR) is 58.5 cm³/mol. The van der Waals surface area contributed by atoms with Crippen LogP contribution in [0.2, 0.25) is 0 Å². The Hall–Kier alpha value is -2.05. The second kappa shape index (κ2) is 5.29. The van der Waals surface area contributed by atoms with Gasteiger partial charge in [0.2, 0.25) is 5.89 Å². The molecule has 0 bridgehead atoms. The molecule has 0 N–H and O–H groups in total. The third-order valence-corrected chi connectivity index (χ3v) is 2.56. The largest absolute Gasteiger partial charge is 0.542 e. The molecule has 1 aromatic carbocycles. The smallest absolute Gasteiger partial charge is 0.375 e. The third kappa shape index (κ3) is 3.70. The normalized spacial score (nSPS) is 11.7. The first-order chi connectivity index (χ1) is 8.95. The lowest BCUT2D eigenvalue weighted by Crippen LogP contribution is -2.04. The molecule has 4 nitrogen and oxygen atoms in total. The first kappa shape index (κ1) is 13.4. The van der Waals surface area contributed by atoms with E-state index in [1.54, 1.807) is 0 Å². The summed E-state index contributed by atoms with van der Waals surface area (Å²) in [6.45, 7) is 0. The standard InChI is InChI=1S/C12H10F3NO3/c13-12(14,15)9-6-4-8(5-7-9)2-1-3-10-16-19-11(17)18-10/h4-7H,1-3H2. The molecule has 0 atom stereocenters. The Morgan fingerprint density at radius 3 is 2.32 bits per heavy atom. The summed E-state index contributed by atoms with van der Waals surface area (Å²) in [5, 5.41) is 3.39. The van der Waals surface area contributed by atoms with Gasteiger partial charge in [0, 0.05) is 6.42 Å². The lowest BCUT2D eigenvalue weighted by atomic mass is 10.1. The Bertz CT molecular complexity index is 583. The van der Waals surface area contributed by atoms with Crippen LogP contribution >= 0.6 is 0 Å². The zero-order valence-corrected chi connectivity index (χ0v) is 9.74. The van der Waals surface area contributed by atoms with Crippen molar-refractivity contribution >= 4 is 0 Å². The monoisotopic (exact) mass is 273 g/mol. The van der Waals surface area contributed by atoms with Gasteiger partial charge in [0.25, 0.3) is 0 Å². The molecule has 0 amide bonds. The summed E-state index contributed by atoms with van der Waals surface area (Å²) in [4.78, 5) is 10.6. The number of halogens is 3. The summed E-state index contributed by atoms with van der Waals surface area (Å²) >= 11 is 0. The highest BCUT2D eigenvalue weighted by atomic mass is 19.4. The zero-order chi connectivity index (χ0) is 13.9. The van der Waals surface area contributed by atoms with Crippen molar-refractivity contribution in [3.63, 3.8) is 0 Å². The van der Waals surface area contributed by atoms with Crippen LogP contribution in [0.4, 0.5) is 13.2 Å². The van der Waals surface area contributed by atoms with Gasteiger partial charge in [-0.15, -0.1) is 0 Å². The van der Waals surface area contributed by atoms with E-state index in [-0.39, 0.29) is 5.89 Å². The summed E-state index contributed by atoms with van der Waals surface area (Å²) in [7, 11) is 0. The molecule has 0 saturated heterocycles. The van der Waals surface area contributed by atoms with Crippen molar-refractivity contribution in [3.05, 3.63) is 51.9 Å². The summed E-state index contributed by atoms with van der Waals surface area (Å²) in [5.41, 5.74) is 0.109. The minimum atomic E-state index is -4.32. The number of aryl methyl sites for hydroxylation is 2. The van der Waals surface area contributed by atoms with Crippen LogP contribution in [-0.2, 0) is 19.0 Å². The molecule has 2 aromatic rings. The number of aromatic nitrogens is 1. The Kier molecular flexibility index (Phi) is 3.73. The molecule has 0 aliphatic rings. The molecule has 0 aliphatic heterocycles. The molecule has 0 fully saturated rings. The fourth-order valence-corrected chi connectivity index (χ4v) is 1.62. The van der Waals surface area contributed by atoms with Gasteiger partial charge in [-0.25, -0.2) is 4.79 Å². The van der Waals surface area contributed by atoms with Crippen molar-refractivity contribution < 1.29 is 22.1 Å². The van der Waals surface area contributed by atoms with E-state index in [0.717, 1.165) is 17.7 Å². The van der Waals surface area contributed by atoms with Crippen molar-refractivity contribution in [2.45, 2.75) is 25.4 Å². The van der Waals surface area contributed by atoms with Gasteiger partial charge in [-0.1, -0.05) is 12.1 Å². The second-order valence-electron chi connectivity index (χ2n) is 3.98. The number of alkyl halides is 3. The quantitative estimate of drug-likeness (QED) is 0.859. The maximum Gasteiger partial charge on any atom is 0.542 e. The maximum absolute atomic E-state index is 12.3. The van der Waals surface area contributed by atoms with Gasteiger partial charge in [-0.2, -0.15) is 13.2 Å². The van der Waals surface area contributed by atoms with Crippen LogP contribution in [0.25, 0.3) is 0 Å². The molecule has 102 valence electrons. The number of hydrogen-bond donors (Lipinski definition) is 0. The van der Waals surface area contributed by atoms with Crippen LogP contribution in [-0.4, -0.2) is 5.16 Å². The maximum atomic E-state index is 12.3. The average Bonchev–Trinajstić information content (AvgIpc) is 2.75. The first-order valence-electron chi connectivity index (χ1n) is 5.57. The van der Waals surface area contributed by atoms with Crippen molar-refractivity contribution in [2.24, 2.45) is 0 Å². The van der Waals surface area contributed by atoms with Gasteiger partial charge in [-0.05, 0) is 35.7 Å². The molecule has 0 saturated carbocycles. The van der Waals surface area contributed by atoms with Crippen LogP contribution in [0.5, 0.6) is 0 Å². The van der Waals surface area contributed by atoms with Gasteiger partial charge >= 0.3 is 12.0 Å². The molecule has 1 heterocycles. The van der Waals surface area contributed by atoms with Crippen molar-refractivity contribution in [1.82, 2.24) is 5.16 Å². The molecule has 0 spiro atoms. The van der Waals surface area contributed by atoms with Crippen molar-refractivity contribution in [1.29, 1.82) is 0 Å². The van der Waals surface area contributed by atoms with E-state index in [2.05, 4.69) is 14.1 Å². The molecular formula is C12H10F3NO3. The van der Waals surface area contributed by atoms with Crippen molar-refractivity contribution in [3.8, 4) is 0 Å². The van der Waals surface area contributed by atoms with Gasteiger partial charge in [-0.3, -0.25) is 4.52 Å². The molecule has 2 rings (SSSR count). The zero-order valence-electron chi connectivity index (χ0n) is 9.74. The highest BCUT2D eigenvalue weighted by molar-refractivity contribution is 5.24. The molecule has 19 heavy (non-hydrogen) atoms. The molecule has 0 unspecified atom stereocenters. The summed E-state index contributed by atoms with van der Waals surface area (Å²) in [5.74, 6) is -0.665. The van der Waals surface area contributed by atoms with Gasteiger partial charge in [0.15, 0.2) is 0 Å². The van der Waals surface area contributed by atoms with Crippen LogP contribution < -0.4 is 5.82 Å². The Morgan fingerprint density at radius 1 is 1.11 bits per heavy atom. The van der Waals surface area contributed by atoms with Gasteiger partial charge in [0.05, 0.1) is 5.56 Å². The Morgan fingerprint density at radius 2 is 1.79 bits per heavy atom. The first-order valence-corrected chi connectivity index (χ1v) is 5.57. The average molecular weight is 273 g/mol. The molecular weight excluding hydrogens is 263 g/mol. The number of hydrogen-bond acceptors (Lipinski definition) is 4. The van der Waals surface area contributed by atoms with Crippen LogP contribution in [0.3, 0.4) is 0 Å². The SMILES string of the molecule is O=c1onc(CCCc2ccc(C(F)(F)F)cc2)o1. The van der Waals surface area contributed by atoms with E-state index >= 15 is 0 Å². The lowest BCUT2D eigenvalue weighted by Gasteiger charge is -2.07. The number of rotatable bonds is 4. The fraction of sp³-hybridized carbons (Fsp3) is 0.333. The highest BCUT2D eigenvalue weighted by Gasteiger charge is 2.29. The number of benzene rings is 1. The van der Waals surface area contributed by atoms with Crippen LogP contribution in [0, 0.1) is 0 Å². The molecule has 0 aliphatic carbocycles. The van der Waals surface area contributed by atoms with E-state index < -0.39 is 17.6 Å². The number of nitrogens with zero attached hydrogens (tertiary/aromatic N) is 1. The van der Waals surface area contributed by atoms with E-state index in [1.165, 1.54) is 12.1 Å². The fourth-order valence-electron chi connectivity index (χ4n) is 1.62.